The van der Waals surface area contributed by atoms with E-state index in [-0.39, 0.29) is 11.8 Å². The fourth-order valence-electron chi connectivity index (χ4n) is 2.97. The van der Waals surface area contributed by atoms with Gasteiger partial charge in [0.1, 0.15) is 5.75 Å². The Labute approximate surface area is 147 Å². The van der Waals surface area contributed by atoms with Crippen LogP contribution in [0.25, 0.3) is 0 Å². The van der Waals surface area contributed by atoms with Crippen LogP contribution >= 0.6 is 0 Å². The maximum Gasteiger partial charge on any atom is 0.257 e. The number of carbonyl (C=O) groups is 2. The first-order chi connectivity index (χ1) is 12.0. The van der Waals surface area contributed by atoms with Crippen molar-refractivity contribution in [1.82, 2.24) is 4.90 Å². The molecule has 0 bridgehead atoms. The van der Waals surface area contributed by atoms with E-state index < -0.39 is 5.41 Å². The Bertz CT molecular complexity index is 796. The number of carbonyl (C=O) groups excluding carboxylic acids is 2. The molecule has 1 aliphatic carbocycles. The third-order valence-corrected chi connectivity index (χ3v) is 4.60. The fraction of sp³-hybridized carbons (Fsp3) is 0.300. The van der Waals surface area contributed by atoms with E-state index >= 15 is 0 Å². The summed E-state index contributed by atoms with van der Waals surface area (Å²) in [6.45, 7) is 0. The lowest BCUT2D eigenvalue weighted by Gasteiger charge is -2.18. The van der Waals surface area contributed by atoms with Crippen molar-refractivity contribution in [3.63, 3.8) is 0 Å². The number of amides is 2. The van der Waals surface area contributed by atoms with E-state index in [1.165, 1.54) is 12.0 Å². The molecule has 0 aliphatic heterocycles. The normalized spacial score (nSPS) is 14.5. The largest absolute Gasteiger partial charge is 0.496 e. The molecule has 5 heteroatoms. The van der Waals surface area contributed by atoms with Crippen LogP contribution in [-0.2, 0) is 10.2 Å². The number of nitrogens with zero attached hydrogens (tertiary/aromatic N) is 1. The van der Waals surface area contributed by atoms with Gasteiger partial charge in [0.25, 0.3) is 5.91 Å². The summed E-state index contributed by atoms with van der Waals surface area (Å²) >= 11 is 0. The molecule has 0 heterocycles. The second-order valence-corrected chi connectivity index (χ2v) is 6.52. The van der Waals surface area contributed by atoms with Crippen LogP contribution in [0.5, 0.6) is 5.75 Å². The van der Waals surface area contributed by atoms with Gasteiger partial charge in [0.05, 0.1) is 18.1 Å². The monoisotopic (exact) mass is 338 g/mol. The van der Waals surface area contributed by atoms with Crippen LogP contribution in [0, 0.1) is 0 Å². The van der Waals surface area contributed by atoms with Crippen LogP contribution in [0.2, 0.25) is 0 Å². The number of ether oxygens (including phenoxy) is 1. The summed E-state index contributed by atoms with van der Waals surface area (Å²) < 4.78 is 5.27. The van der Waals surface area contributed by atoms with Gasteiger partial charge in [-0.05, 0) is 36.6 Å². The first kappa shape index (κ1) is 17.0. The fourth-order valence-corrected chi connectivity index (χ4v) is 2.97. The third-order valence-electron chi connectivity index (χ3n) is 4.60. The number of hydrogen-bond acceptors (Lipinski definition) is 3. The maximum atomic E-state index is 12.8. The molecule has 0 saturated heterocycles. The van der Waals surface area contributed by atoms with Crippen LogP contribution < -0.4 is 10.1 Å². The summed E-state index contributed by atoms with van der Waals surface area (Å²) in [4.78, 5) is 26.6. The Balaban J connectivity index is 1.85. The minimum Gasteiger partial charge on any atom is -0.496 e. The van der Waals surface area contributed by atoms with Crippen LogP contribution in [-0.4, -0.2) is 37.9 Å². The predicted molar refractivity (Wildman–Crippen MR) is 97.0 cm³/mol. The molecule has 2 aromatic rings. The smallest absolute Gasteiger partial charge is 0.257 e. The molecule has 1 N–H and O–H groups in total. The van der Waals surface area contributed by atoms with Crippen LogP contribution in [0.15, 0.2) is 48.5 Å². The molecule has 2 amide bonds. The highest BCUT2D eigenvalue weighted by molar-refractivity contribution is 6.03. The van der Waals surface area contributed by atoms with E-state index in [1.54, 1.807) is 32.3 Å². The number of anilines is 1. The molecule has 0 aromatic heterocycles. The Kier molecular flexibility index (Phi) is 4.49. The molecule has 0 atom stereocenters. The third kappa shape index (κ3) is 3.22. The first-order valence-corrected chi connectivity index (χ1v) is 8.24. The Hall–Kier alpha value is -2.82. The lowest BCUT2D eigenvalue weighted by molar-refractivity contribution is -0.118. The van der Waals surface area contributed by atoms with E-state index in [0.717, 1.165) is 18.4 Å². The van der Waals surface area contributed by atoms with Crippen molar-refractivity contribution in [2.24, 2.45) is 0 Å². The highest BCUT2D eigenvalue weighted by atomic mass is 16.5. The number of hydrogen-bond donors (Lipinski definition) is 1. The zero-order valence-corrected chi connectivity index (χ0v) is 14.7. The predicted octanol–water partition coefficient (Wildman–Crippen LogP) is 3.07. The Morgan fingerprint density at radius 3 is 2.32 bits per heavy atom. The van der Waals surface area contributed by atoms with Crippen molar-refractivity contribution in [2.45, 2.75) is 18.3 Å². The Morgan fingerprint density at radius 2 is 1.76 bits per heavy atom. The van der Waals surface area contributed by atoms with Crippen molar-refractivity contribution in [2.75, 3.05) is 26.5 Å². The first-order valence-electron chi connectivity index (χ1n) is 8.24. The minimum absolute atomic E-state index is 0.0351. The summed E-state index contributed by atoms with van der Waals surface area (Å²) in [7, 11) is 4.89. The van der Waals surface area contributed by atoms with Gasteiger partial charge in [-0.25, -0.2) is 0 Å². The molecule has 1 aliphatic rings. The van der Waals surface area contributed by atoms with E-state index in [9.17, 15) is 9.59 Å². The summed E-state index contributed by atoms with van der Waals surface area (Å²) in [6, 6.07) is 14.9. The van der Waals surface area contributed by atoms with Crippen molar-refractivity contribution in [3.05, 3.63) is 59.7 Å². The molecule has 5 nitrogen and oxygen atoms in total. The standard InChI is InChI=1S/C20H22N2O3/c1-22(2)18(23)16-13-15(9-10-17(16)25-3)21-19(24)20(11-12-20)14-7-5-4-6-8-14/h4-10,13H,11-12H2,1-3H3,(H,21,24). The van der Waals surface area contributed by atoms with Crippen molar-refractivity contribution < 1.29 is 14.3 Å². The average Bonchev–Trinajstić information content (AvgIpc) is 3.43. The summed E-state index contributed by atoms with van der Waals surface area (Å²) in [6.07, 6.45) is 1.67. The van der Waals surface area contributed by atoms with Crippen molar-refractivity contribution in [3.8, 4) is 5.75 Å². The SMILES string of the molecule is COc1ccc(NC(=O)C2(c3ccccc3)CC2)cc1C(=O)N(C)C. The molecule has 2 aromatic carbocycles. The van der Waals surface area contributed by atoms with Crippen LogP contribution in [0.3, 0.4) is 0 Å². The van der Waals surface area contributed by atoms with Gasteiger partial charge in [0.15, 0.2) is 0 Å². The lowest BCUT2D eigenvalue weighted by atomic mass is 9.95. The Morgan fingerprint density at radius 1 is 1.08 bits per heavy atom. The zero-order chi connectivity index (χ0) is 18.0. The minimum atomic E-state index is -0.451. The average molecular weight is 338 g/mol. The van der Waals surface area contributed by atoms with Gasteiger partial charge in [-0.2, -0.15) is 0 Å². The second-order valence-electron chi connectivity index (χ2n) is 6.52. The maximum absolute atomic E-state index is 12.8. The summed E-state index contributed by atoms with van der Waals surface area (Å²) in [5.74, 6) is 0.283. The van der Waals surface area contributed by atoms with Crippen LogP contribution in [0.4, 0.5) is 5.69 Å². The molecular weight excluding hydrogens is 316 g/mol. The van der Waals surface area contributed by atoms with Crippen molar-refractivity contribution in [1.29, 1.82) is 0 Å². The van der Waals surface area contributed by atoms with Gasteiger partial charge < -0.3 is 15.0 Å². The van der Waals surface area contributed by atoms with Gasteiger partial charge in [0.2, 0.25) is 5.91 Å². The molecular formula is C20H22N2O3. The van der Waals surface area contributed by atoms with Crippen molar-refractivity contribution >= 4 is 17.5 Å². The molecule has 0 radical (unpaired) electrons. The zero-order valence-electron chi connectivity index (χ0n) is 14.7. The summed E-state index contributed by atoms with van der Waals surface area (Å²) in [5, 5.41) is 2.96. The molecule has 1 saturated carbocycles. The molecule has 1 fully saturated rings. The molecule has 25 heavy (non-hydrogen) atoms. The van der Waals surface area contributed by atoms with Gasteiger partial charge >= 0.3 is 0 Å². The highest BCUT2D eigenvalue weighted by Crippen LogP contribution is 2.49. The topological polar surface area (TPSA) is 58.6 Å². The van der Waals surface area contributed by atoms with Gasteiger partial charge in [-0.15, -0.1) is 0 Å². The van der Waals surface area contributed by atoms with Gasteiger partial charge in [0, 0.05) is 19.8 Å². The molecule has 0 unspecified atom stereocenters. The summed E-state index contributed by atoms with van der Waals surface area (Å²) in [5.41, 5.74) is 1.60. The highest BCUT2D eigenvalue weighted by Gasteiger charge is 2.51. The van der Waals surface area contributed by atoms with Gasteiger partial charge in [-0.3, -0.25) is 9.59 Å². The van der Waals surface area contributed by atoms with E-state index in [1.807, 2.05) is 30.3 Å². The molecule has 130 valence electrons. The number of benzene rings is 2. The van der Waals surface area contributed by atoms with Gasteiger partial charge in [-0.1, -0.05) is 30.3 Å². The lowest BCUT2D eigenvalue weighted by Crippen LogP contribution is -2.28. The van der Waals surface area contributed by atoms with E-state index in [4.69, 9.17) is 4.74 Å². The molecule has 0 spiro atoms. The number of rotatable bonds is 5. The molecule has 3 rings (SSSR count). The van der Waals surface area contributed by atoms with Crippen LogP contribution in [0.1, 0.15) is 28.8 Å². The van der Waals surface area contributed by atoms with E-state index in [2.05, 4.69) is 5.32 Å². The number of methoxy groups -OCH3 is 1. The quantitative estimate of drug-likeness (QED) is 0.911. The second kappa shape index (κ2) is 6.59. The number of nitrogens with one attached hydrogen (secondary N) is 1. The van der Waals surface area contributed by atoms with E-state index in [0.29, 0.717) is 17.0 Å².